The lowest BCUT2D eigenvalue weighted by Gasteiger charge is -1.82. The molecule has 0 fully saturated rings. The molecule has 0 saturated carbocycles. The van der Waals surface area contributed by atoms with Gasteiger partial charge >= 0.3 is 0 Å². The first kappa shape index (κ1) is 21.1. The lowest BCUT2D eigenvalue weighted by molar-refractivity contribution is 1.15. The lowest BCUT2D eigenvalue weighted by Crippen LogP contribution is -1.72. The number of aromatic amines is 1. The summed E-state index contributed by atoms with van der Waals surface area (Å²) in [6, 6.07) is 9.80. The minimum atomic E-state index is 0.968. The molecular weight excluding hydrogens is 344 g/mol. The molecule has 4 aromatic rings. The number of aromatic nitrogens is 6. The summed E-state index contributed by atoms with van der Waals surface area (Å²) in [6.07, 6.45) is 10.5. The monoisotopic (exact) mass is 368 g/mol. The van der Waals surface area contributed by atoms with E-state index in [9.17, 15) is 0 Å². The molecule has 6 nitrogen and oxygen atoms in total. The molecule has 0 aromatic carbocycles. The normalized spacial score (nSPS) is 8.77. The highest BCUT2D eigenvalue weighted by Crippen LogP contribution is 1.92. The van der Waals surface area contributed by atoms with Crippen molar-refractivity contribution in [1.29, 1.82) is 0 Å². The van der Waals surface area contributed by atoms with E-state index in [4.69, 9.17) is 0 Å². The Morgan fingerprint density at radius 3 is 1.92 bits per heavy atom. The minimum absolute atomic E-state index is 0.968. The molecule has 0 saturated heterocycles. The first-order valence-corrected chi connectivity index (χ1v) is 8.78. The van der Waals surface area contributed by atoms with E-state index in [1.54, 1.807) is 31.1 Å². The number of pyridine rings is 2. The molecule has 4 heterocycles. The van der Waals surface area contributed by atoms with Gasteiger partial charge < -0.3 is 4.98 Å². The van der Waals surface area contributed by atoms with Crippen LogP contribution >= 0.6 is 11.5 Å². The van der Waals surface area contributed by atoms with E-state index in [0.717, 1.165) is 16.5 Å². The number of aryl methyl sites for hydroxylation is 4. The van der Waals surface area contributed by atoms with E-state index >= 15 is 0 Å². The van der Waals surface area contributed by atoms with E-state index < -0.39 is 0 Å². The average Bonchev–Trinajstić information content (AvgIpc) is 3.31. The Kier molecular flexibility index (Phi) is 10.9. The Labute approximate surface area is 158 Å². The van der Waals surface area contributed by atoms with Crippen LogP contribution in [-0.4, -0.2) is 29.3 Å². The van der Waals surface area contributed by atoms with Crippen molar-refractivity contribution in [1.82, 2.24) is 29.3 Å². The van der Waals surface area contributed by atoms with Gasteiger partial charge in [-0.05, 0) is 63.0 Å². The van der Waals surface area contributed by atoms with Gasteiger partial charge in [-0.25, -0.2) is 9.97 Å². The number of nitrogens with one attached hydrogen (secondary N) is 1. The fraction of sp³-hybridized carbons (Fsp3) is 0.211. The summed E-state index contributed by atoms with van der Waals surface area (Å²) in [7, 11) is 0. The molecule has 136 valence electrons. The van der Waals surface area contributed by atoms with E-state index in [1.165, 1.54) is 17.1 Å². The van der Waals surface area contributed by atoms with Crippen molar-refractivity contribution < 1.29 is 0 Å². The third-order valence-electron chi connectivity index (χ3n) is 2.73. The number of rotatable bonds is 0. The van der Waals surface area contributed by atoms with Crippen LogP contribution in [0.15, 0.2) is 67.6 Å². The molecule has 0 spiro atoms. The third kappa shape index (κ3) is 11.6. The molecule has 0 atom stereocenters. The Bertz CT molecular complexity index is 702. The second-order valence-corrected chi connectivity index (χ2v) is 6.12. The molecular formula is C19H24N6S. The highest BCUT2D eigenvalue weighted by molar-refractivity contribution is 7.05. The van der Waals surface area contributed by atoms with Crippen LogP contribution in [0.5, 0.6) is 0 Å². The summed E-state index contributed by atoms with van der Waals surface area (Å²) in [5, 5.41) is 1.02. The van der Waals surface area contributed by atoms with Crippen LogP contribution in [0.2, 0.25) is 0 Å². The van der Waals surface area contributed by atoms with Crippen LogP contribution in [0.1, 0.15) is 22.1 Å². The fourth-order valence-corrected chi connectivity index (χ4v) is 1.81. The summed E-state index contributed by atoms with van der Waals surface area (Å²) in [4.78, 5) is 18.4. The van der Waals surface area contributed by atoms with E-state index in [2.05, 4.69) is 29.3 Å². The third-order valence-corrected chi connectivity index (χ3v) is 3.30. The average molecular weight is 369 g/mol. The van der Waals surface area contributed by atoms with Gasteiger partial charge in [-0.3, -0.25) is 9.97 Å². The van der Waals surface area contributed by atoms with Crippen LogP contribution in [0.25, 0.3) is 0 Å². The van der Waals surface area contributed by atoms with Crippen molar-refractivity contribution in [3.8, 4) is 0 Å². The van der Waals surface area contributed by atoms with Gasteiger partial charge in [0, 0.05) is 36.7 Å². The standard InChI is InChI=1S/2C6H7N.C4H6N2.C3H4N2S/c1-6-3-2-4-7-5-6;1-6-4-2-3-5-7-6;1-4-5-2-3-6-4;1-3-4-2-5-6-3/h2*2-5H,1H3;2-3H,1H3,(H,5,6);2H,1H3. The van der Waals surface area contributed by atoms with Gasteiger partial charge in [-0.1, -0.05) is 12.1 Å². The van der Waals surface area contributed by atoms with E-state index in [0.29, 0.717) is 0 Å². The zero-order valence-electron chi connectivity index (χ0n) is 15.5. The van der Waals surface area contributed by atoms with Crippen LogP contribution < -0.4 is 0 Å². The van der Waals surface area contributed by atoms with Gasteiger partial charge in [0.15, 0.2) is 0 Å². The van der Waals surface area contributed by atoms with Crippen molar-refractivity contribution in [3.63, 3.8) is 0 Å². The number of hydrogen-bond acceptors (Lipinski definition) is 6. The number of imidazole rings is 1. The van der Waals surface area contributed by atoms with Crippen LogP contribution in [0.3, 0.4) is 0 Å². The van der Waals surface area contributed by atoms with E-state index in [1.807, 2.05) is 64.2 Å². The molecule has 0 radical (unpaired) electrons. The molecule has 26 heavy (non-hydrogen) atoms. The molecule has 0 amide bonds. The molecule has 4 rings (SSSR count). The summed E-state index contributed by atoms with van der Waals surface area (Å²) in [5.41, 5.74) is 2.28. The topological polar surface area (TPSA) is 80.2 Å². The maximum atomic E-state index is 3.98. The molecule has 4 aromatic heterocycles. The second kappa shape index (κ2) is 13.4. The van der Waals surface area contributed by atoms with Gasteiger partial charge in [0.05, 0.1) is 0 Å². The van der Waals surface area contributed by atoms with Gasteiger partial charge in [0.25, 0.3) is 0 Å². The largest absolute Gasteiger partial charge is 0.349 e. The van der Waals surface area contributed by atoms with E-state index in [-0.39, 0.29) is 0 Å². The van der Waals surface area contributed by atoms with Crippen LogP contribution in [0.4, 0.5) is 0 Å². The Hall–Kier alpha value is -2.93. The summed E-state index contributed by atoms with van der Waals surface area (Å²) < 4.78 is 3.75. The zero-order valence-corrected chi connectivity index (χ0v) is 16.3. The quantitative estimate of drug-likeness (QED) is 0.499. The molecule has 0 bridgehead atoms. The highest BCUT2D eigenvalue weighted by atomic mass is 32.1. The van der Waals surface area contributed by atoms with Crippen molar-refractivity contribution in [2.45, 2.75) is 27.7 Å². The van der Waals surface area contributed by atoms with Crippen LogP contribution in [0, 0.1) is 27.7 Å². The molecule has 0 aliphatic carbocycles. The Balaban J connectivity index is 0.000000174. The smallest absolute Gasteiger partial charge is 0.129 e. The number of hydrogen-bond donors (Lipinski definition) is 1. The summed E-state index contributed by atoms with van der Waals surface area (Å²) in [5.74, 6) is 0.968. The molecule has 0 aliphatic rings. The van der Waals surface area contributed by atoms with Crippen LogP contribution in [-0.2, 0) is 0 Å². The lowest BCUT2D eigenvalue weighted by atomic mass is 10.3. The summed E-state index contributed by atoms with van der Waals surface area (Å²) >= 11 is 1.42. The second-order valence-electron chi connectivity index (χ2n) is 5.14. The molecule has 1 N–H and O–H groups in total. The number of H-pyrrole nitrogens is 1. The first-order valence-electron chi connectivity index (χ1n) is 8.01. The van der Waals surface area contributed by atoms with Crippen molar-refractivity contribution in [2.24, 2.45) is 0 Å². The van der Waals surface area contributed by atoms with Crippen molar-refractivity contribution in [2.75, 3.05) is 0 Å². The van der Waals surface area contributed by atoms with Gasteiger partial charge in [0.2, 0.25) is 0 Å². The Morgan fingerprint density at radius 2 is 1.69 bits per heavy atom. The van der Waals surface area contributed by atoms with Crippen molar-refractivity contribution >= 4 is 11.5 Å². The fourth-order valence-electron chi connectivity index (χ4n) is 1.47. The van der Waals surface area contributed by atoms with Gasteiger partial charge in [-0.2, -0.15) is 4.37 Å². The predicted octanol–water partition coefficient (Wildman–Crippen LogP) is 4.34. The minimum Gasteiger partial charge on any atom is -0.349 e. The number of nitrogens with zero attached hydrogens (tertiary/aromatic N) is 5. The summed E-state index contributed by atoms with van der Waals surface area (Å²) in [6.45, 7) is 7.84. The maximum Gasteiger partial charge on any atom is 0.129 e. The Morgan fingerprint density at radius 1 is 0.846 bits per heavy atom. The zero-order chi connectivity index (χ0) is 19.0. The molecule has 0 unspecified atom stereocenters. The predicted molar refractivity (Wildman–Crippen MR) is 106 cm³/mol. The van der Waals surface area contributed by atoms with Gasteiger partial charge in [-0.15, -0.1) is 0 Å². The molecule has 7 heteroatoms. The van der Waals surface area contributed by atoms with Gasteiger partial charge in [0.1, 0.15) is 17.2 Å². The first-order chi connectivity index (χ1) is 12.6. The maximum absolute atomic E-state index is 3.98. The highest BCUT2D eigenvalue weighted by Gasteiger charge is 1.78. The molecule has 0 aliphatic heterocycles. The van der Waals surface area contributed by atoms with Crippen molar-refractivity contribution in [3.05, 3.63) is 89.7 Å². The SMILES string of the molecule is Cc1ccccn1.Cc1cccnc1.Cc1ncc[nH]1.Cc1ncns1.